The van der Waals surface area contributed by atoms with Gasteiger partial charge in [0.25, 0.3) is 0 Å². The standard InChI is InChI=1S/C19H26N6O/c1-19(2,3)15-7-16(22-12-21-15)24-8-13-10-25(11-14(13)9-24)18-20-6-5-17(23-18)26-4/h5-7,12-14H,8-11H2,1-4H3. The quantitative estimate of drug-likeness (QED) is 0.836. The van der Waals surface area contributed by atoms with Crippen LogP contribution >= 0.6 is 0 Å². The highest BCUT2D eigenvalue weighted by molar-refractivity contribution is 5.44. The number of nitrogens with zero attached hydrogens (tertiary/aromatic N) is 6. The number of hydrogen-bond acceptors (Lipinski definition) is 7. The van der Waals surface area contributed by atoms with Gasteiger partial charge in [0.05, 0.1) is 12.8 Å². The molecule has 0 aliphatic carbocycles. The molecule has 4 rings (SSSR count). The Hall–Kier alpha value is -2.44. The first-order valence-corrected chi connectivity index (χ1v) is 9.13. The minimum absolute atomic E-state index is 0.0355. The first-order chi connectivity index (χ1) is 12.4. The predicted molar refractivity (Wildman–Crippen MR) is 101 cm³/mol. The van der Waals surface area contributed by atoms with Crippen LogP contribution in [-0.4, -0.2) is 53.2 Å². The van der Waals surface area contributed by atoms with Gasteiger partial charge in [-0.25, -0.2) is 15.0 Å². The molecule has 2 atom stereocenters. The lowest BCUT2D eigenvalue weighted by atomic mass is 9.92. The molecule has 2 aliphatic rings. The third kappa shape index (κ3) is 3.18. The normalized spacial score (nSPS) is 22.6. The van der Waals surface area contributed by atoms with E-state index in [1.807, 2.05) is 0 Å². The second-order valence-corrected chi connectivity index (χ2v) is 8.24. The maximum absolute atomic E-state index is 5.22. The van der Waals surface area contributed by atoms with Crippen molar-refractivity contribution in [2.45, 2.75) is 26.2 Å². The average Bonchev–Trinajstić information content (AvgIpc) is 3.20. The molecule has 0 radical (unpaired) electrons. The van der Waals surface area contributed by atoms with Gasteiger partial charge in [-0.05, 0) is 0 Å². The lowest BCUT2D eigenvalue weighted by molar-refractivity contribution is 0.397. The van der Waals surface area contributed by atoms with Crippen LogP contribution in [0.4, 0.5) is 11.8 Å². The van der Waals surface area contributed by atoms with Crippen molar-refractivity contribution in [2.24, 2.45) is 11.8 Å². The zero-order valence-corrected chi connectivity index (χ0v) is 15.9. The molecule has 0 aromatic carbocycles. The van der Waals surface area contributed by atoms with Gasteiger partial charge in [0, 0.05) is 61.8 Å². The molecule has 0 N–H and O–H groups in total. The summed E-state index contributed by atoms with van der Waals surface area (Å²) in [5.41, 5.74) is 1.12. The van der Waals surface area contributed by atoms with Gasteiger partial charge in [-0.1, -0.05) is 20.8 Å². The molecule has 2 fully saturated rings. The summed E-state index contributed by atoms with van der Waals surface area (Å²) < 4.78 is 5.22. The monoisotopic (exact) mass is 354 g/mol. The summed E-state index contributed by atoms with van der Waals surface area (Å²) >= 11 is 0. The first-order valence-electron chi connectivity index (χ1n) is 9.13. The Labute approximate surface area is 154 Å². The van der Waals surface area contributed by atoms with Gasteiger partial charge in [0.1, 0.15) is 12.1 Å². The van der Waals surface area contributed by atoms with E-state index < -0.39 is 0 Å². The van der Waals surface area contributed by atoms with E-state index in [0.717, 1.165) is 43.6 Å². The van der Waals surface area contributed by atoms with Crippen molar-refractivity contribution in [1.82, 2.24) is 19.9 Å². The van der Waals surface area contributed by atoms with Gasteiger partial charge < -0.3 is 14.5 Å². The summed E-state index contributed by atoms with van der Waals surface area (Å²) in [4.78, 5) is 22.5. The molecule has 2 unspecified atom stereocenters. The van der Waals surface area contributed by atoms with Gasteiger partial charge >= 0.3 is 0 Å². The summed E-state index contributed by atoms with van der Waals surface area (Å²) in [7, 11) is 1.64. The van der Waals surface area contributed by atoms with Gasteiger partial charge in [0.2, 0.25) is 11.8 Å². The Morgan fingerprint density at radius 3 is 2.35 bits per heavy atom. The third-order valence-electron chi connectivity index (χ3n) is 5.34. The molecule has 2 aromatic rings. The number of methoxy groups -OCH3 is 1. The average molecular weight is 354 g/mol. The Morgan fingerprint density at radius 1 is 1.00 bits per heavy atom. The SMILES string of the molecule is COc1ccnc(N2CC3CN(c4cc(C(C)(C)C)ncn4)CC3C2)n1. The second kappa shape index (κ2) is 6.37. The van der Waals surface area contributed by atoms with E-state index >= 15 is 0 Å². The highest BCUT2D eigenvalue weighted by Gasteiger charge is 2.41. The zero-order chi connectivity index (χ0) is 18.3. The second-order valence-electron chi connectivity index (χ2n) is 8.24. The van der Waals surface area contributed by atoms with E-state index in [9.17, 15) is 0 Å². The van der Waals surface area contributed by atoms with E-state index in [0.29, 0.717) is 17.7 Å². The Morgan fingerprint density at radius 2 is 1.69 bits per heavy atom. The van der Waals surface area contributed by atoms with Crippen molar-refractivity contribution in [3.05, 3.63) is 30.4 Å². The van der Waals surface area contributed by atoms with E-state index in [4.69, 9.17) is 4.74 Å². The van der Waals surface area contributed by atoms with Crippen molar-refractivity contribution in [1.29, 1.82) is 0 Å². The molecule has 2 aromatic heterocycles. The fourth-order valence-electron chi connectivity index (χ4n) is 3.87. The van der Waals surface area contributed by atoms with Crippen LogP contribution < -0.4 is 14.5 Å². The zero-order valence-electron chi connectivity index (χ0n) is 15.9. The molecule has 0 spiro atoms. The van der Waals surface area contributed by atoms with Crippen molar-refractivity contribution in [3.63, 3.8) is 0 Å². The molecule has 0 bridgehead atoms. The van der Waals surface area contributed by atoms with Crippen molar-refractivity contribution >= 4 is 11.8 Å². The lowest BCUT2D eigenvalue weighted by Gasteiger charge is -2.24. The van der Waals surface area contributed by atoms with Crippen LogP contribution in [0.3, 0.4) is 0 Å². The summed E-state index contributed by atoms with van der Waals surface area (Å²) in [6.45, 7) is 10.5. The Kier molecular flexibility index (Phi) is 4.17. The molecule has 26 heavy (non-hydrogen) atoms. The number of hydrogen-bond donors (Lipinski definition) is 0. The minimum atomic E-state index is 0.0355. The third-order valence-corrected chi connectivity index (χ3v) is 5.34. The number of fused-ring (bicyclic) bond motifs is 1. The number of anilines is 2. The number of ether oxygens (including phenoxy) is 1. The van der Waals surface area contributed by atoms with E-state index in [-0.39, 0.29) is 5.41 Å². The largest absolute Gasteiger partial charge is 0.481 e. The molecule has 7 heteroatoms. The molecule has 0 amide bonds. The van der Waals surface area contributed by atoms with Crippen LogP contribution in [-0.2, 0) is 5.41 Å². The molecule has 2 saturated heterocycles. The summed E-state index contributed by atoms with van der Waals surface area (Å²) in [6, 6.07) is 3.92. The van der Waals surface area contributed by atoms with Crippen LogP contribution in [0.5, 0.6) is 5.88 Å². The van der Waals surface area contributed by atoms with E-state index in [1.165, 1.54) is 0 Å². The number of aromatic nitrogens is 4. The lowest BCUT2D eigenvalue weighted by Crippen LogP contribution is -2.30. The summed E-state index contributed by atoms with van der Waals surface area (Å²) in [5, 5.41) is 0. The minimum Gasteiger partial charge on any atom is -0.481 e. The van der Waals surface area contributed by atoms with Crippen LogP contribution in [0.15, 0.2) is 24.7 Å². The van der Waals surface area contributed by atoms with Crippen molar-refractivity contribution in [2.75, 3.05) is 43.1 Å². The smallest absolute Gasteiger partial charge is 0.228 e. The van der Waals surface area contributed by atoms with E-state index in [2.05, 4.69) is 56.6 Å². The van der Waals surface area contributed by atoms with Gasteiger partial charge in [-0.15, -0.1) is 0 Å². The molecular weight excluding hydrogens is 328 g/mol. The predicted octanol–water partition coefficient (Wildman–Crippen LogP) is 2.15. The molecular formula is C19H26N6O. The molecule has 2 aliphatic heterocycles. The van der Waals surface area contributed by atoms with E-state index in [1.54, 1.807) is 25.7 Å². The number of rotatable bonds is 3. The van der Waals surface area contributed by atoms with Crippen LogP contribution in [0.2, 0.25) is 0 Å². The highest BCUT2D eigenvalue weighted by Crippen LogP contribution is 2.35. The Bertz CT molecular complexity index is 776. The molecule has 7 nitrogen and oxygen atoms in total. The summed E-state index contributed by atoms with van der Waals surface area (Å²) in [5.74, 6) is 3.64. The maximum atomic E-state index is 5.22. The fraction of sp³-hybridized carbons (Fsp3) is 0.579. The topological polar surface area (TPSA) is 67.3 Å². The van der Waals surface area contributed by atoms with Crippen LogP contribution in [0.1, 0.15) is 26.5 Å². The highest BCUT2D eigenvalue weighted by atomic mass is 16.5. The van der Waals surface area contributed by atoms with Crippen molar-refractivity contribution in [3.8, 4) is 5.88 Å². The first kappa shape index (κ1) is 17.0. The van der Waals surface area contributed by atoms with Crippen LogP contribution in [0.25, 0.3) is 0 Å². The fourth-order valence-corrected chi connectivity index (χ4v) is 3.87. The van der Waals surface area contributed by atoms with Crippen molar-refractivity contribution < 1.29 is 4.74 Å². The molecule has 0 saturated carbocycles. The Balaban J connectivity index is 1.45. The van der Waals surface area contributed by atoms with Gasteiger partial charge in [-0.3, -0.25) is 0 Å². The maximum Gasteiger partial charge on any atom is 0.228 e. The molecule has 4 heterocycles. The summed E-state index contributed by atoms with van der Waals surface area (Å²) in [6.07, 6.45) is 3.46. The molecule has 138 valence electrons. The van der Waals surface area contributed by atoms with Crippen LogP contribution in [0, 0.1) is 11.8 Å². The van der Waals surface area contributed by atoms with Gasteiger partial charge in [-0.2, -0.15) is 4.98 Å². The van der Waals surface area contributed by atoms with Gasteiger partial charge in [0.15, 0.2) is 0 Å².